The molecule has 0 saturated carbocycles. The summed E-state index contributed by atoms with van der Waals surface area (Å²) in [5, 5.41) is 0. The summed E-state index contributed by atoms with van der Waals surface area (Å²) in [7, 11) is 0. The van der Waals surface area contributed by atoms with Gasteiger partial charge in [0.2, 0.25) is 6.41 Å². The van der Waals surface area contributed by atoms with Gasteiger partial charge in [-0.3, -0.25) is 4.79 Å². The molecule has 0 radical (unpaired) electrons. The molecule has 0 aliphatic carbocycles. The molecule has 1 aromatic heterocycles. The van der Waals surface area contributed by atoms with E-state index in [4.69, 9.17) is 5.73 Å². The van der Waals surface area contributed by atoms with Crippen LogP contribution in [0.5, 0.6) is 0 Å². The first-order valence-electron chi connectivity index (χ1n) is 7.90. The minimum atomic E-state index is -0.164. The maximum Gasteiger partial charge on any atom is 0.209 e. The lowest BCUT2D eigenvalue weighted by atomic mass is 10.00. The summed E-state index contributed by atoms with van der Waals surface area (Å²) in [5.41, 5.74) is 9.57. The van der Waals surface area contributed by atoms with Crippen LogP contribution >= 0.6 is 0 Å². The summed E-state index contributed by atoms with van der Waals surface area (Å²) in [6.07, 6.45) is 2.78. The number of benzene rings is 1. The average Bonchev–Trinajstić information content (AvgIpc) is 2.62. The SMILES string of the molecule is Cc1cc(C(N)c2ccccc2)cnc1N1CCN(C=O)CC1. The molecule has 5 heteroatoms. The van der Waals surface area contributed by atoms with Crippen LogP contribution < -0.4 is 10.6 Å². The zero-order valence-corrected chi connectivity index (χ0v) is 13.4. The van der Waals surface area contributed by atoms with E-state index in [0.717, 1.165) is 55.1 Å². The third-order valence-electron chi connectivity index (χ3n) is 4.35. The lowest BCUT2D eigenvalue weighted by molar-refractivity contribution is -0.118. The third-order valence-corrected chi connectivity index (χ3v) is 4.35. The summed E-state index contributed by atoms with van der Waals surface area (Å²) < 4.78 is 0. The van der Waals surface area contributed by atoms with Gasteiger partial charge in [0.15, 0.2) is 0 Å². The van der Waals surface area contributed by atoms with E-state index in [1.807, 2.05) is 36.5 Å². The van der Waals surface area contributed by atoms with Crippen molar-refractivity contribution in [2.24, 2.45) is 5.73 Å². The Morgan fingerprint density at radius 2 is 1.83 bits per heavy atom. The number of hydrogen-bond acceptors (Lipinski definition) is 4. The maximum atomic E-state index is 10.8. The fraction of sp³-hybridized carbons (Fsp3) is 0.333. The first kappa shape index (κ1) is 15.5. The minimum absolute atomic E-state index is 0.164. The standard InChI is InChI=1S/C18H22N4O/c1-14-11-16(17(19)15-5-3-2-4-6-15)12-20-18(14)22-9-7-21(13-23)8-10-22/h2-6,11-13,17H,7-10,19H2,1H3. The zero-order valence-electron chi connectivity index (χ0n) is 13.4. The van der Waals surface area contributed by atoms with Crippen LogP contribution in [-0.2, 0) is 4.79 Å². The molecule has 2 aromatic rings. The number of pyridine rings is 1. The first-order chi connectivity index (χ1) is 11.2. The monoisotopic (exact) mass is 310 g/mol. The van der Waals surface area contributed by atoms with Gasteiger partial charge in [0, 0.05) is 32.4 Å². The highest BCUT2D eigenvalue weighted by atomic mass is 16.1. The van der Waals surface area contributed by atoms with Crippen LogP contribution in [0.25, 0.3) is 0 Å². The van der Waals surface area contributed by atoms with Crippen molar-refractivity contribution >= 4 is 12.2 Å². The van der Waals surface area contributed by atoms with Crippen molar-refractivity contribution in [1.29, 1.82) is 0 Å². The van der Waals surface area contributed by atoms with E-state index in [1.54, 1.807) is 4.90 Å². The second kappa shape index (κ2) is 6.79. The Morgan fingerprint density at radius 3 is 2.43 bits per heavy atom. The van der Waals surface area contributed by atoms with Crippen LogP contribution in [0.1, 0.15) is 22.7 Å². The second-order valence-corrected chi connectivity index (χ2v) is 5.93. The van der Waals surface area contributed by atoms with E-state index >= 15 is 0 Å². The molecule has 2 N–H and O–H groups in total. The number of nitrogens with zero attached hydrogens (tertiary/aromatic N) is 3. The molecule has 120 valence electrons. The zero-order chi connectivity index (χ0) is 16.2. The van der Waals surface area contributed by atoms with Gasteiger partial charge in [0.25, 0.3) is 0 Å². The highest BCUT2D eigenvalue weighted by molar-refractivity contribution is 5.52. The van der Waals surface area contributed by atoms with Gasteiger partial charge in [-0.15, -0.1) is 0 Å². The Bertz CT molecular complexity index is 666. The lowest BCUT2D eigenvalue weighted by Gasteiger charge is -2.34. The van der Waals surface area contributed by atoms with Crippen LogP contribution in [-0.4, -0.2) is 42.5 Å². The van der Waals surface area contributed by atoms with Gasteiger partial charge in [-0.1, -0.05) is 30.3 Å². The van der Waals surface area contributed by atoms with Crippen LogP contribution in [0.4, 0.5) is 5.82 Å². The fourth-order valence-electron chi connectivity index (χ4n) is 2.98. The largest absolute Gasteiger partial charge is 0.353 e. The van der Waals surface area contributed by atoms with Crippen LogP contribution in [0.3, 0.4) is 0 Å². The van der Waals surface area contributed by atoms with Crippen molar-refractivity contribution in [3.8, 4) is 0 Å². The Balaban J connectivity index is 1.77. The van der Waals surface area contributed by atoms with E-state index in [1.165, 1.54) is 0 Å². The van der Waals surface area contributed by atoms with Crippen molar-refractivity contribution in [3.63, 3.8) is 0 Å². The van der Waals surface area contributed by atoms with Gasteiger partial charge in [0.05, 0.1) is 6.04 Å². The van der Waals surface area contributed by atoms with Crippen molar-refractivity contribution in [3.05, 3.63) is 59.3 Å². The third kappa shape index (κ3) is 3.35. The molecular weight excluding hydrogens is 288 g/mol. The molecule has 2 heterocycles. The van der Waals surface area contributed by atoms with Gasteiger partial charge < -0.3 is 15.5 Å². The molecule has 5 nitrogen and oxygen atoms in total. The minimum Gasteiger partial charge on any atom is -0.353 e. The summed E-state index contributed by atoms with van der Waals surface area (Å²) in [5.74, 6) is 0.986. The smallest absolute Gasteiger partial charge is 0.209 e. The predicted molar refractivity (Wildman–Crippen MR) is 91.3 cm³/mol. The van der Waals surface area contributed by atoms with Crippen molar-refractivity contribution in [1.82, 2.24) is 9.88 Å². The van der Waals surface area contributed by atoms with Gasteiger partial charge in [-0.05, 0) is 29.7 Å². The number of nitrogens with two attached hydrogens (primary N) is 1. The Hall–Kier alpha value is -2.40. The number of carbonyl (C=O) groups excluding carboxylic acids is 1. The highest BCUT2D eigenvalue weighted by Crippen LogP contribution is 2.24. The predicted octanol–water partition coefficient (Wildman–Crippen LogP) is 1.72. The number of aromatic nitrogens is 1. The summed E-state index contributed by atoms with van der Waals surface area (Å²) in [6, 6.07) is 12.0. The number of anilines is 1. The molecule has 1 atom stereocenters. The molecule has 1 aliphatic heterocycles. The van der Waals surface area contributed by atoms with E-state index in [0.29, 0.717) is 0 Å². The van der Waals surface area contributed by atoms with Crippen molar-refractivity contribution in [2.45, 2.75) is 13.0 Å². The number of hydrogen-bond donors (Lipinski definition) is 1. The Labute approximate surface area is 136 Å². The van der Waals surface area contributed by atoms with E-state index < -0.39 is 0 Å². The average molecular weight is 310 g/mol. The summed E-state index contributed by atoms with van der Waals surface area (Å²) in [6.45, 7) is 5.19. The molecule has 0 bridgehead atoms. The van der Waals surface area contributed by atoms with E-state index in [-0.39, 0.29) is 6.04 Å². The summed E-state index contributed by atoms with van der Waals surface area (Å²) in [4.78, 5) is 19.5. The normalized spacial score (nSPS) is 16.3. The first-order valence-corrected chi connectivity index (χ1v) is 7.90. The molecule has 1 unspecified atom stereocenters. The molecule has 1 aliphatic rings. The number of aryl methyl sites for hydroxylation is 1. The quantitative estimate of drug-likeness (QED) is 0.874. The molecule has 3 rings (SSSR count). The van der Waals surface area contributed by atoms with Gasteiger partial charge in [0.1, 0.15) is 5.82 Å². The van der Waals surface area contributed by atoms with Crippen LogP contribution in [0.2, 0.25) is 0 Å². The van der Waals surface area contributed by atoms with Gasteiger partial charge in [-0.25, -0.2) is 4.98 Å². The maximum absolute atomic E-state index is 10.8. The number of amides is 1. The topological polar surface area (TPSA) is 62.5 Å². The second-order valence-electron chi connectivity index (χ2n) is 5.93. The molecule has 23 heavy (non-hydrogen) atoms. The van der Waals surface area contributed by atoms with Crippen LogP contribution in [0, 0.1) is 6.92 Å². The summed E-state index contributed by atoms with van der Waals surface area (Å²) >= 11 is 0. The van der Waals surface area contributed by atoms with Crippen molar-refractivity contribution in [2.75, 3.05) is 31.1 Å². The van der Waals surface area contributed by atoms with Crippen LogP contribution in [0.15, 0.2) is 42.6 Å². The molecule has 1 fully saturated rings. The molecule has 1 saturated heterocycles. The van der Waals surface area contributed by atoms with Crippen molar-refractivity contribution < 1.29 is 4.79 Å². The molecule has 1 aromatic carbocycles. The highest BCUT2D eigenvalue weighted by Gasteiger charge is 2.19. The lowest BCUT2D eigenvalue weighted by Crippen LogP contribution is -2.46. The number of piperazine rings is 1. The Morgan fingerprint density at radius 1 is 1.13 bits per heavy atom. The molecular formula is C18H22N4O. The number of carbonyl (C=O) groups is 1. The van der Waals surface area contributed by atoms with Gasteiger partial charge in [-0.2, -0.15) is 0 Å². The van der Waals surface area contributed by atoms with E-state index in [2.05, 4.69) is 22.9 Å². The van der Waals surface area contributed by atoms with Gasteiger partial charge >= 0.3 is 0 Å². The molecule has 1 amide bonds. The Kier molecular flexibility index (Phi) is 4.57. The molecule has 0 spiro atoms. The number of rotatable bonds is 4. The fourth-order valence-corrected chi connectivity index (χ4v) is 2.98. The van der Waals surface area contributed by atoms with E-state index in [9.17, 15) is 4.79 Å².